The number of pyridine rings is 2. The van der Waals surface area contributed by atoms with E-state index < -0.39 is 0 Å². The third kappa shape index (κ3) is 3.07. The van der Waals surface area contributed by atoms with E-state index >= 15 is 0 Å². The molecule has 0 aliphatic rings. The summed E-state index contributed by atoms with van der Waals surface area (Å²) in [7, 11) is 0. The number of H-pyrrole nitrogens is 1. The molecule has 5 aromatic heterocycles. The van der Waals surface area contributed by atoms with E-state index in [-0.39, 0.29) is 10.9 Å². The molecule has 0 aromatic carbocycles. The first-order valence-electron chi connectivity index (χ1n) is 9.03. The fourth-order valence-electron chi connectivity index (χ4n) is 3.26. The maximum absolute atomic E-state index is 13.1. The molecule has 0 saturated carbocycles. The minimum absolute atomic E-state index is 0.163. The highest BCUT2D eigenvalue weighted by Crippen LogP contribution is 2.32. The minimum Gasteiger partial charge on any atom is -0.460 e. The number of nitrogens with zero attached hydrogens (tertiary/aromatic N) is 4. The zero-order valence-electron chi connectivity index (χ0n) is 15.9. The van der Waals surface area contributed by atoms with Crippen molar-refractivity contribution in [2.75, 3.05) is 0 Å². The van der Waals surface area contributed by atoms with Crippen molar-refractivity contribution in [3.63, 3.8) is 0 Å². The Morgan fingerprint density at radius 2 is 1.90 bits per heavy atom. The van der Waals surface area contributed by atoms with Crippen LogP contribution in [0.2, 0.25) is 5.15 Å². The second-order valence-corrected chi connectivity index (χ2v) is 7.13. The molecule has 5 aromatic rings. The van der Waals surface area contributed by atoms with Crippen molar-refractivity contribution in [2.24, 2.45) is 0 Å². The zero-order chi connectivity index (χ0) is 20.8. The van der Waals surface area contributed by atoms with Crippen LogP contribution in [0.15, 0.2) is 56.7 Å². The molecule has 9 heteroatoms. The molecule has 0 aliphatic carbocycles. The molecule has 5 heterocycles. The molecular weight excluding hydrogens is 406 g/mol. The van der Waals surface area contributed by atoms with Gasteiger partial charge in [0.05, 0.1) is 11.8 Å². The van der Waals surface area contributed by atoms with E-state index in [1.54, 1.807) is 6.07 Å². The molecule has 0 radical (unpaired) electrons. The van der Waals surface area contributed by atoms with Crippen LogP contribution in [0.25, 0.3) is 45.2 Å². The van der Waals surface area contributed by atoms with Crippen LogP contribution in [0.4, 0.5) is 0 Å². The van der Waals surface area contributed by atoms with Gasteiger partial charge in [0.2, 0.25) is 5.43 Å². The summed E-state index contributed by atoms with van der Waals surface area (Å²) < 4.78 is 11.1. The molecule has 0 aliphatic heterocycles. The Labute approximate surface area is 174 Å². The smallest absolute Gasteiger partial charge is 0.220 e. The monoisotopic (exact) mass is 419 g/mol. The first-order chi connectivity index (χ1) is 14.5. The number of oxazole rings is 1. The number of aromatic amines is 1. The Balaban J connectivity index is 1.84. The third-order valence-corrected chi connectivity index (χ3v) is 4.77. The van der Waals surface area contributed by atoms with Crippen LogP contribution in [0.1, 0.15) is 11.5 Å². The number of hydrogen-bond acceptors (Lipinski definition) is 7. The molecule has 0 fully saturated rings. The highest BCUT2D eigenvalue weighted by atomic mass is 35.5. The van der Waals surface area contributed by atoms with Crippen LogP contribution in [-0.4, -0.2) is 24.9 Å². The lowest BCUT2D eigenvalue weighted by Gasteiger charge is -2.10. The largest absolute Gasteiger partial charge is 0.460 e. The summed E-state index contributed by atoms with van der Waals surface area (Å²) in [6.07, 6.45) is 4.26. The van der Waals surface area contributed by atoms with Gasteiger partial charge in [0.15, 0.2) is 29.1 Å². The Kier molecular flexibility index (Phi) is 4.22. The molecule has 0 amide bonds. The first kappa shape index (κ1) is 18.3. The Bertz CT molecular complexity index is 1430. The van der Waals surface area contributed by atoms with E-state index in [4.69, 9.17) is 20.4 Å². The average Bonchev–Trinajstić information content (AvgIpc) is 3.39. The number of fused-ring (bicyclic) bond motifs is 1. The molecule has 0 spiro atoms. The van der Waals surface area contributed by atoms with Crippen LogP contribution in [0, 0.1) is 13.8 Å². The van der Waals surface area contributed by atoms with Gasteiger partial charge in [-0.25, -0.2) is 19.9 Å². The van der Waals surface area contributed by atoms with Crippen molar-refractivity contribution < 1.29 is 8.83 Å². The Morgan fingerprint density at radius 3 is 2.60 bits per heavy atom. The predicted octanol–water partition coefficient (Wildman–Crippen LogP) is 4.57. The van der Waals surface area contributed by atoms with Crippen molar-refractivity contribution >= 4 is 22.8 Å². The Hall–Kier alpha value is -3.78. The number of halogens is 1. The number of aryl methyl sites for hydroxylation is 2. The van der Waals surface area contributed by atoms with Crippen LogP contribution >= 0.6 is 11.6 Å². The average molecular weight is 420 g/mol. The number of furan rings is 1. The van der Waals surface area contributed by atoms with Gasteiger partial charge in [-0.3, -0.25) is 4.79 Å². The molecule has 0 saturated heterocycles. The lowest BCUT2D eigenvalue weighted by atomic mass is 10.1. The minimum atomic E-state index is -0.326. The van der Waals surface area contributed by atoms with Gasteiger partial charge in [0.1, 0.15) is 22.3 Å². The second kappa shape index (κ2) is 6.93. The number of rotatable bonds is 3. The summed E-state index contributed by atoms with van der Waals surface area (Å²) >= 11 is 6.17. The molecule has 8 nitrogen and oxygen atoms in total. The van der Waals surface area contributed by atoms with Crippen LogP contribution < -0.4 is 5.43 Å². The summed E-state index contributed by atoms with van der Waals surface area (Å²) in [6.45, 7) is 3.67. The standard InChI is InChI=1S/C21H14ClN5O3/c1-10-5-12(6-16(22)25-10)17-18(14-4-3-11(2)30-14)27-21-19(26-17)20(28)13(7-24-21)15-8-23-9-29-15/h3-9H,1-2H3,(H,24,27,28). The Morgan fingerprint density at radius 1 is 1.03 bits per heavy atom. The summed E-state index contributed by atoms with van der Waals surface area (Å²) in [4.78, 5) is 33.5. The van der Waals surface area contributed by atoms with Gasteiger partial charge in [-0.05, 0) is 38.1 Å². The predicted molar refractivity (Wildman–Crippen MR) is 111 cm³/mol. The lowest BCUT2D eigenvalue weighted by molar-refractivity contribution is 0.546. The van der Waals surface area contributed by atoms with Crippen LogP contribution in [0.5, 0.6) is 0 Å². The molecular formula is C21H14ClN5O3. The summed E-state index contributed by atoms with van der Waals surface area (Å²) in [5.74, 6) is 1.61. The third-order valence-electron chi connectivity index (χ3n) is 4.58. The van der Waals surface area contributed by atoms with Gasteiger partial charge in [0.25, 0.3) is 0 Å². The van der Waals surface area contributed by atoms with Gasteiger partial charge in [0, 0.05) is 17.5 Å². The molecule has 1 N–H and O–H groups in total. The van der Waals surface area contributed by atoms with Gasteiger partial charge in [-0.1, -0.05) is 11.6 Å². The quantitative estimate of drug-likeness (QED) is 0.426. The van der Waals surface area contributed by atoms with Gasteiger partial charge in [-0.15, -0.1) is 0 Å². The van der Waals surface area contributed by atoms with Crippen molar-refractivity contribution in [3.05, 3.63) is 69.9 Å². The van der Waals surface area contributed by atoms with Crippen molar-refractivity contribution in [2.45, 2.75) is 13.8 Å². The van der Waals surface area contributed by atoms with E-state index in [0.29, 0.717) is 50.5 Å². The van der Waals surface area contributed by atoms with E-state index in [1.807, 2.05) is 32.0 Å². The maximum Gasteiger partial charge on any atom is 0.220 e. The molecule has 0 unspecified atom stereocenters. The molecule has 0 bridgehead atoms. The molecule has 148 valence electrons. The highest BCUT2D eigenvalue weighted by molar-refractivity contribution is 6.29. The maximum atomic E-state index is 13.1. The van der Waals surface area contributed by atoms with Gasteiger partial charge in [-0.2, -0.15) is 0 Å². The fourth-order valence-corrected chi connectivity index (χ4v) is 3.51. The van der Waals surface area contributed by atoms with Crippen molar-refractivity contribution in [1.29, 1.82) is 0 Å². The molecule has 5 rings (SSSR count). The summed E-state index contributed by atoms with van der Waals surface area (Å²) in [5.41, 5.74) is 2.81. The summed E-state index contributed by atoms with van der Waals surface area (Å²) in [6, 6.07) is 7.16. The molecule has 30 heavy (non-hydrogen) atoms. The summed E-state index contributed by atoms with van der Waals surface area (Å²) in [5, 5.41) is 0.317. The van der Waals surface area contributed by atoms with Crippen LogP contribution in [-0.2, 0) is 0 Å². The van der Waals surface area contributed by atoms with E-state index in [9.17, 15) is 4.79 Å². The molecule has 0 atom stereocenters. The van der Waals surface area contributed by atoms with E-state index in [1.165, 1.54) is 18.8 Å². The number of nitrogens with one attached hydrogen (secondary N) is 1. The van der Waals surface area contributed by atoms with E-state index in [0.717, 1.165) is 5.76 Å². The van der Waals surface area contributed by atoms with Gasteiger partial charge >= 0.3 is 0 Å². The lowest BCUT2D eigenvalue weighted by Crippen LogP contribution is -2.10. The normalized spacial score (nSPS) is 11.3. The van der Waals surface area contributed by atoms with Gasteiger partial charge < -0.3 is 13.8 Å². The van der Waals surface area contributed by atoms with Crippen LogP contribution in [0.3, 0.4) is 0 Å². The van der Waals surface area contributed by atoms with Crippen molar-refractivity contribution in [1.82, 2.24) is 24.9 Å². The fraction of sp³-hybridized carbons (Fsp3) is 0.0952. The highest BCUT2D eigenvalue weighted by Gasteiger charge is 2.20. The van der Waals surface area contributed by atoms with Crippen molar-refractivity contribution in [3.8, 4) is 34.0 Å². The zero-order valence-corrected chi connectivity index (χ0v) is 16.7. The number of hydrogen-bond donors (Lipinski definition) is 1. The first-order valence-corrected chi connectivity index (χ1v) is 9.41. The SMILES string of the molecule is Cc1cc(-c2nc3c(=O)c(-c4cnco4)c[nH]c3nc2-c2ccc(C)o2)cc(Cl)n1. The topological polar surface area (TPSA) is 111 Å². The second-order valence-electron chi connectivity index (χ2n) is 6.75. The number of aromatic nitrogens is 5. The van der Waals surface area contributed by atoms with E-state index in [2.05, 4.69) is 24.9 Å².